The summed E-state index contributed by atoms with van der Waals surface area (Å²) in [5.74, 6) is 1.14. The van der Waals surface area contributed by atoms with Crippen LogP contribution in [0, 0.1) is 11.2 Å². The van der Waals surface area contributed by atoms with Crippen LogP contribution in [-0.2, 0) is 16.2 Å². The van der Waals surface area contributed by atoms with E-state index in [0.717, 1.165) is 61.6 Å². The SMILES string of the molecule is CCOc1cc(CN2CC3(CC(N4CCC(C)(C(=O)O)CC4)=NO3)C2)cc(C2CC2)c1-c1cncc(F)c1. The number of piperidine rings is 1. The van der Waals surface area contributed by atoms with Crippen LogP contribution in [0.2, 0.25) is 0 Å². The third-order valence-corrected chi connectivity index (χ3v) is 8.51. The first-order valence-electron chi connectivity index (χ1n) is 13.6. The summed E-state index contributed by atoms with van der Waals surface area (Å²) in [5, 5.41) is 13.9. The van der Waals surface area contributed by atoms with Crippen LogP contribution in [0.15, 0.2) is 35.7 Å². The molecule has 8 nitrogen and oxygen atoms in total. The summed E-state index contributed by atoms with van der Waals surface area (Å²) in [6.07, 6.45) is 7.21. The molecule has 0 amide bonds. The predicted octanol–water partition coefficient (Wildman–Crippen LogP) is 4.64. The monoisotopic (exact) mass is 522 g/mol. The van der Waals surface area contributed by atoms with E-state index in [4.69, 9.17) is 9.57 Å². The summed E-state index contributed by atoms with van der Waals surface area (Å²) in [4.78, 5) is 26.2. The van der Waals surface area contributed by atoms with Crippen molar-refractivity contribution in [1.82, 2.24) is 14.8 Å². The van der Waals surface area contributed by atoms with Crippen molar-refractivity contribution in [1.29, 1.82) is 0 Å². The number of aromatic nitrogens is 1. The molecule has 6 rings (SSSR count). The average molecular weight is 523 g/mol. The van der Waals surface area contributed by atoms with E-state index in [-0.39, 0.29) is 11.4 Å². The number of carboxylic acids is 1. The van der Waals surface area contributed by atoms with Gasteiger partial charge in [-0.2, -0.15) is 0 Å². The van der Waals surface area contributed by atoms with E-state index in [1.54, 1.807) is 6.20 Å². The van der Waals surface area contributed by atoms with Gasteiger partial charge in [0.2, 0.25) is 0 Å². The first kappa shape index (κ1) is 25.1. The molecule has 0 unspecified atom stereocenters. The number of pyridine rings is 1. The number of aliphatic carboxylic acids is 1. The van der Waals surface area contributed by atoms with Crippen molar-refractivity contribution in [3.05, 3.63) is 47.5 Å². The Bertz CT molecular complexity index is 1260. The number of likely N-dealkylation sites (tertiary alicyclic amines) is 2. The Morgan fingerprint density at radius 2 is 1.97 bits per heavy atom. The van der Waals surface area contributed by atoms with Gasteiger partial charge in [-0.25, -0.2) is 4.39 Å². The molecule has 38 heavy (non-hydrogen) atoms. The van der Waals surface area contributed by atoms with Gasteiger partial charge in [-0.3, -0.25) is 14.7 Å². The molecular formula is C29H35FN4O4. The maximum Gasteiger partial charge on any atom is 0.309 e. The highest BCUT2D eigenvalue weighted by atomic mass is 19.1. The lowest BCUT2D eigenvalue weighted by molar-refractivity contribution is -0.150. The van der Waals surface area contributed by atoms with Gasteiger partial charge in [-0.1, -0.05) is 11.2 Å². The van der Waals surface area contributed by atoms with E-state index >= 15 is 0 Å². The Morgan fingerprint density at radius 3 is 2.63 bits per heavy atom. The van der Waals surface area contributed by atoms with Gasteiger partial charge in [0.15, 0.2) is 5.60 Å². The third kappa shape index (κ3) is 4.72. The Kier molecular flexibility index (Phi) is 6.29. The lowest BCUT2D eigenvalue weighted by Gasteiger charge is -2.45. The number of benzene rings is 1. The Morgan fingerprint density at radius 1 is 1.21 bits per heavy atom. The van der Waals surface area contributed by atoms with Gasteiger partial charge >= 0.3 is 5.97 Å². The molecule has 1 saturated carbocycles. The average Bonchev–Trinajstić information content (AvgIpc) is 3.63. The van der Waals surface area contributed by atoms with Crippen LogP contribution in [0.4, 0.5) is 4.39 Å². The Balaban J connectivity index is 1.12. The van der Waals surface area contributed by atoms with E-state index in [2.05, 4.69) is 32.1 Å². The van der Waals surface area contributed by atoms with Crippen LogP contribution in [0.5, 0.6) is 5.75 Å². The second-order valence-corrected chi connectivity index (χ2v) is 11.6. The van der Waals surface area contributed by atoms with Gasteiger partial charge in [0.25, 0.3) is 0 Å². The molecule has 0 bridgehead atoms. The zero-order valence-electron chi connectivity index (χ0n) is 22.1. The smallest absolute Gasteiger partial charge is 0.309 e. The molecule has 3 aliphatic heterocycles. The fourth-order valence-corrected chi connectivity index (χ4v) is 6.08. The quantitative estimate of drug-likeness (QED) is 0.567. The topological polar surface area (TPSA) is 87.5 Å². The molecule has 1 N–H and O–H groups in total. The molecule has 1 aliphatic carbocycles. The Hall–Kier alpha value is -3.20. The number of rotatable bonds is 7. The third-order valence-electron chi connectivity index (χ3n) is 8.51. The second kappa shape index (κ2) is 9.52. The Labute approximate surface area is 222 Å². The van der Waals surface area contributed by atoms with Crippen molar-refractivity contribution in [3.63, 3.8) is 0 Å². The van der Waals surface area contributed by atoms with Crippen molar-refractivity contribution in [2.24, 2.45) is 10.6 Å². The largest absolute Gasteiger partial charge is 0.493 e. The highest BCUT2D eigenvalue weighted by molar-refractivity contribution is 5.85. The molecule has 3 fully saturated rings. The summed E-state index contributed by atoms with van der Waals surface area (Å²) in [7, 11) is 0. The predicted molar refractivity (Wildman–Crippen MR) is 140 cm³/mol. The van der Waals surface area contributed by atoms with Crippen LogP contribution < -0.4 is 4.74 Å². The highest BCUT2D eigenvalue weighted by Crippen LogP contribution is 2.48. The molecule has 1 aromatic heterocycles. The standard InChI is InChI=1S/C29H35FN4O4/c1-3-37-24-11-19(10-23(20-4-5-20)26(24)21-12-22(30)15-31-14-21)16-33-17-29(18-33)13-25(32-38-29)34-8-6-28(2,7-9-34)27(35)36/h10-12,14-15,20H,3-9,13,16-18H2,1-2H3,(H,35,36). The van der Waals surface area contributed by atoms with Crippen molar-refractivity contribution in [2.45, 2.75) is 64.0 Å². The molecular weight excluding hydrogens is 487 g/mol. The van der Waals surface area contributed by atoms with Crippen LogP contribution in [0.25, 0.3) is 11.1 Å². The van der Waals surface area contributed by atoms with Crippen molar-refractivity contribution in [2.75, 3.05) is 32.8 Å². The van der Waals surface area contributed by atoms with Crippen molar-refractivity contribution in [3.8, 4) is 16.9 Å². The summed E-state index contributed by atoms with van der Waals surface area (Å²) in [6, 6.07) is 5.89. The molecule has 0 radical (unpaired) electrons. The van der Waals surface area contributed by atoms with Crippen LogP contribution in [-0.4, -0.2) is 70.1 Å². The van der Waals surface area contributed by atoms with E-state index in [1.165, 1.54) is 23.4 Å². The van der Waals surface area contributed by atoms with Gasteiger partial charge in [0.05, 0.1) is 24.6 Å². The number of hydrogen-bond acceptors (Lipinski definition) is 7. The number of ether oxygens (including phenoxy) is 1. The highest BCUT2D eigenvalue weighted by Gasteiger charge is 2.51. The minimum absolute atomic E-state index is 0.294. The minimum atomic E-state index is -0.717. The summed E-state index contributed by atoms with van der Waals surface area (Å²) in [6.45, 7) is 8.09. The maximum atomic E-state index is 14.0. The molecule has 4 heterocycles. The van der Waals surface area contributed by atoms with Gasteiger partial charge in [0, 0.05) is 50.0 Å². The van der Waals surface area contributed by atoms with Gasteiger partial charge in [0.1, 0.15) is 17.4 Å². The van der Waals surface area contributed by atoms with Crippen LogP contribution >= 0.6 is 0 Å². The van der Waals surface area contributed by atoms with E-state index in [0.29, 0.717) is 38.5 Å². The summed E-state index contributed by atoms with van der Waals surface area (Å²) in [5.41, 5.74) is 3.18. The lowest BCUT2D eigenvalue weighted by atomic mass is 9.80. The fourth-order valence-electron chi connectivity index (χ4n) is 6.08. The fraction of sp³-hybridized carbons (Fsp3) is 0.552. The molecule has 4 aliphatic rings. The van der Waals surface area contributed by atoms with Crippen molar-refractivity contribution < 1.29 is 23.9 Å². The summed E-state index contributed by atoms with van der Waals surface area (Å²) >= 11 is 0. The number of carbonyl (C=O) groups is 1. The zero-order chi connectivity index (χ0) is 26.5. The lowest BCUT2D eigenvalue weighted by Crippen LogP contribution is -2.61. The van der Waals surface area contributed by atoms with E-state index in [1.807, 2.05) is 13.8 Å². The zero-order valence-corrected chi connectivity index (χ0v) is 22.1. The normalized spacial score (nSPS) is 22.1. The molecule has 2 saturated heterocycles. The summed E-state index contributed by atoms with van der Waals surface area (Å²) < 4.78 is 20.1. The molecule has 9 heteroatoms. The van der Waals surface area contributed by atoms with Crippen molar-refractivity contribution >= 4 is 11.8 Å². The number of hydrogen-bond donors (Lipinski definition) is 1. The van der Waals surface area contributed by atoms with Gasteiger partial charge in [-0.05, 0) is 68.7 Å². The molecule has 2 aromatic rings. The van der Waals surface area contributed by atoms with E-state index in [9.17, 15) is 14.3 Å². The first-order chi connectivity index (χ1) is 18.3. The second-order valence-electron chi connectivity index (χ2n) is 11.6. The number of amidine groups is 1. The van der Waals surface area contributed by atoms with Gasteiger partial charge < -0.3 is 19.6 Å². The van der Waals surface area contributed by atoms with Crippen LogP contribution in [0.1, 0.15) is 63.0 Å². The molecule has 1 aromatic carbocycles. The number of nitrogens with zero attached hydrogens (tertiary/aromatic N) is 4. The van der Waals surface area contributed by atoms with Crippen LogP contribution in [0.3, 0.4) is 0 Å². The maximum absolute atomic E-state index is 14.0. The minimum Gasteiger partial charge on any atom is -0.493 e. The number of carboxylic acid groups (broad SMARTS) is 1. The first-order valence-corrected chi connectivity index (χ1v) is 13.6. The van der Waals surface area contributed by atoms with E-state index < -0.39 is 11.4 Å². The molecule has 1 spiro atoms. The molecule has 0 atom stereocenters. The van der Waals surface area contributed by atoms with Gasteiger partial charge in [-0.15, -0.1) is 0 Å². The molecule has 202 valence electrons. The number of oxime groups is 1. The number of halogens is 1.